The quantitative estimate of drug-likeness (QED) is 0.204. The maximum Gasteiger partial charge on any atom is 0.316 e. The van der Waals surface area contributed by atoms with Gasteiger partial charge >= 0.3 is 5.97 Å². The third-order valence-electron chi connectivity index (χ3n) is 15.4. The van der Waals surface area contributed by atoms with Gasteiger partial charge in [0.1, 0.15) is 42.0 Å². The summed E-state index contributed by atoms with van der Waals surface area (Å²) in [5.41, 5.74) is 0.166. The lowest BCUT2D eigenvalue weighted by atomic mass is 9.71. The minimum Gasteiger partial charge on any atom is -0.462 e. The zero-order valence-electron chi connectivity index (χ0n) is 39.0. The van der Waals surface area contributed by atoms with Crippen LogP contribution in [-0.2, 0) is 52.2 Å². The van der Waals surface area contributed by atoms with Crippen LogP contribution in [0.25, 0.3) is 0 Å². The molecule has 0 aromatic heterocycles. The van der Waals surface area contributed by atoms with Gasteiger partial charge in [-0.3, -0.25) is 4.79 Å². The molecule has 358 valence electrons. The van der Waals surface area contributed by atoms with Crippen molar-refractivity contribution in [1.82, 2.24) is 0 Å². The Bertz CT molecular complexity index is 1790. The standard InChI is InChI=1S/C50H74O14/c1-27-13-12-16-34-26-57-47-42(51)30(4)21-37(50(34,47)54)48(53)60-36-22-35(63-49(25-36)20-19-29(3)45(64-49)33-14-10-9-11-15-33)18-17-28(2)44(27)61-41-24-39(56-8)46(32(6)59-41)62-40-23-38(55-7)43(52)31(5)58-40/h12-13,16-17,19-21,27,29,31-33,35-47,51-52,54H,9-11,14-15,18,22-26H2,1-8H3/b13-12?,28-17+,34-16?/t27-,29-,31-,32-,35+,36-,37-,38-,39-,40-,41-,42+,43-,44?,45-,46?,47+,49+,50+/m0/s1. The van der Waals surface area contributed by atoms with Crippen molar-refractivity contribution in [2.45, 2.75) is 203 Å². The van der Waals surface area contributed by atoms with E-state index in [9.17, 15) is 20.1 Å². The monoisotopic (exact) mass is 899 g/mol. The average molecular weight is 899 g/mol. The lowest BCUT2D eigenvalue weighted by Crippen LogP contribution is -2.58. The molecule has 0 radical (unpaired) electrons. The molecule has 0 aromatic carbocycles. The smallest absolute Gasteiger partial charge is 0.316 e. The number of ether oxygens (including phenoxy) is 10. The first-order valence-electron chi connectivity index (χ1n) is 24.0. The molecule has 0 aromatic rings. The van der Waals surface area contributed by atoms with E-state index >= 15 is 0 Å². The van der Waals surface area contributed by atoms with Gasteiger partial charge in [-0.1, -0.05) is 69.6 Å². The summed E-state index contributed by atoms with van der Waals surface area (Å²) in [4.78, 5) is 14.4. The maximum atomic E-state index is 14.4. The number of carbonyl (C=O) groups excluding carboxylic acids is 1. The van der Waals surface area contributed by atoms with Crippen molar-refractivity contribution in [3.8, 4) is 0 Å². The van der Waals surface area contributed by atoms with Crippen molar-refractivity contribution >= 4 is 5.97 Å². The van der Waals surface area contributed by atoms with Crippen LogP contribution >= 0.6 is 0 Å². The Morgan fingerprint density at radius 1 is 0.812 bits per heavy atom. The molecule has 0 amide bonds. The molecule has 2 unspecified atom stereocenters. The number of carbonyl (C=O) groups is 1. The van der Waals surface area contributed by atoms with Crippen molar-refractivity contribution < 1.29 is 67.5 Å². The highest BCUT2D eigenvalue weighted by molar-refractivity contribution is 5.78. The van der Waals surface area contributed by atoms with Crippen LogP contribution in [0.15, 0.2) is 59.3 Å². The van der Waals surface area contributed by atoms with E-state index in [-0.39, 0.29) is 36.8 Å². The van der Waals surface area contributed by atoms with Crippen molar-refractivity contribution in [3.05, 3.63) is 59.3 Å². The van der Waals surface area contributed by atoms with Gasteiger partial charge in [0.05, 0.1) is 49.3 Å². The Kier molecular flexibility index (Phi) is 15.1. The van der Waals surface area contributed by atoms with Gasteiger partial charge in [0.25, 0.3) is 0 Å². The highest BCUT2D eigenvalue weighted by Crippen LogP contribution is 2.48. The molecule has 1 saturated carbocycles. The number of allylic oxidation sites excluding steroid dienone is 2. The summed E-state index contributed by atoms with van der Waals surface area (Å²) in [6, 6.07) is 0. The van der Waals surface area contributed by atoms with E-state index in [0.717, 1.165) is 18.4 Å². The fourth-order valence-corrected chi connectivity index (χ4v) is 11.7. The molecule has 14 nitrogen and oxygen atoms in total. The van der Waals surface area contributed by atoms with Crippen LogP contribution in [0.1, 0.15) is 106 Å². The second kappa shape index (κ2) is 20.1. The molecule has 2 aliphatic carbocycles. The molecule has 6 heterocycles. The average Bonchev–Trinajstić information content (AvgIpc) is 3.62. The number of methoxy groups -OCH3 is 2. The van der Waals surface area contributed by atoms with Crippen molar-refractivity contribution in [3.63, 3.8) is 0 Å². The van der Waals surface area contributed by atoms with E-state index in [4.69, 9.17) is 47.4 Å². The van der Waals surface area contributed by atoms with Crippen molar-refractivity contribution in [2.24, 2.45) is 23.7 Å². The van der Waals surface area contributed by atoms with Crippen LogP contribution in [0.2, 0.25) is 0 Å². The minimum atomic E-state index is -1.83. The fraction of sp³-hybridized carbons (Fsp3) is 0.780. The summed E-state index contributed by atoms with van der Waals surface area (Å²) in [6.07, 6.45) is 13.8. The minimum absolute atomic E-state index is 0.0242. The highest BCUT2D eigenvalue weighted by atomic mass is 16.7. The second-order valence-electron chi connectivity index (χ2n) is 20.0. The largest absolute Gasteiger partial charge is 0.462 e. The lowest BCUT2D eigenvalue weighted by Gasteiger charge is -2.49. The van der Waals surface area contributed by atoms with Gasteiger partial charge in [0, 0.05) is 51.7 Å². The zero-order valence-corrected chi connectivity index (χ0v) is 39.0. The van der Waals surface area contributed by atoms with E-state index in [0.29, 0.717) is 49.2 Å². The van der Waals surface area contributed by atoms with Gasteiger partial charge in [-0.25, -0.2) is 0 Å². The third-order valence-corrected chi connectivity index (χ3v) is 15.4. The number of aliphatic hydroxyl groups is 3. The number of hydrogen-bond acceptors (Lipinski definition) is 14. The number of rotatable bonds is 7. The van der Waals surface area contributed by atoms with Crippen molar-refractivity contribution in [1.29, 1.82) is 0 Å². The van der Waals surface area contributed by atoms with Crippen LogP contribution < -0.4 is 0 Å². The summed E-state index contributed by atoms with van der Waals surface area (Å²) < 4.78 is 64.1. The number of aliphatic hydroxyl groups excluding tert-OH is 2. The fourth-order valence-electron chi connectivity index (χ4n) is 11.7. The van der Waals surface area contributed by atoms with Crippen LogP contribution in [0.5, 0.6) is 0 Å². The first-order chi connectivity index (χ1) is 30.6. The summed E-state index contributed by atoms with van der Waals surface area (Å²) in [6.45, 7) is 11.9. The molecular weight excluding hydrogens is 825 g/mol. The van der Waals surface area contributed by atoms with E-state index in [1.54, 1.807) is 40.2 Å². The van der Waals surface area contributed by atoms with Gasteiger partial charge in [0.2, 0.25) is 0 Å². The van der Waals surface area contributed by atoms with E-state index < -0.39 is 90.8 Å². The van der Waals surface area contributed by atoms with E-state index in [2.05, 4.69) is 32.9 Å². The lowest BCUT2D eigenvalue weighted by molar-refractivity contribution is -0.318. The predicted molar refractivity (Wildman–Crippen MR) is 234 cm³/mol. The van der Waals surface area contributed by atoms with Crippen LogP contribution in [0.3, 0.4) is 0 Å². The molecule has 8 rings (SSSR count). The Morgan fingerprint density at radius 3 is 2.28 bits per heavy atom. The number of esters is 1. The molecule has 8 aliphatic rings. The van der Waals surface area contributed by atoms with E-state index in [1.807, 2.05) is 25.2 Å². The van der Waals surface area contributed by atoms with Gasteiger partial charge in [0.15, 0.2) is 18.4 Å². The Labute approximate surface area is 379 Å². The van der Waals surface area contributed by atoms with E-state index in [1.165, 1.54) is 19.3 Å². The van der Waals surface area contributed by atoms with Gasteiger partial charge < -0.3 is 62.7 Å². The molecule has 64 heavy (non-hydrogen) atoms. The first-order valence-corrected chi connectivity index (χ1v) is 24.0. The zero-order chi connectivity index (χ0) is 45.5. The molecule has 14 heteroatoms. The molecule has 5 fully saturated rings. The molecule has 6 aliphatic heterocycles. The molecule has 2 bridgehead atoms. The summed E-state index contributed by atoms with van der Waals surface area (Å²) in [5.74, 6) is -2.32. The third kappa shape index (κ3) is 9.82. The first kappa shape index (κ1) is 48.2. The Balaban J connectivity index is 1.08. The Hall–Kier alpha value is -2.31. The normalized spacial score (nSPS) is 47.9. The SMILES string of the molecule is CO[C@H]1C[C@H](OC2/C(C)=C/C[C@@H]3C[C@@H](C[C@]4(C=C[C@H](C)[C@@H](C5CCCCC5)O4)O3)OC(=O)[C@@H]3C=C(C)[C@@H](O)[C@H]4OCC(=CC=C[C@@H]2C)[C@]43O)O[C@@H](C)C1O[C@H]1C[C@H](OC)[C@@H](O)[C@H](C)O1. The summed E-state index contributed by atoms with van der Waals surface area (Å²) in [7, 11) is 3.23. The highest BCUT2D eigenvalue weighted by Gasteiger charge is 2.60. The molecule has 4 saturated heterocycles. The van der Waals surface area contributed by atoms with Gasteiger partial charge in [-0.2, -0.15) is 0 Å². The number of hydrogen-bond donors (Lipinski definition) is 3. The molecule has 19 atom stereocenters. The summed E-state index contributed by atoms with van der Waals surface area (Å²) in [5, 5.41) is 34.3. The van der Waals surface area contributed by atoms with Gasteiger partial charge in [-0.15, -0.1) is 0 Å². The maximum absolute atomic E-state index is 14.4. The Morgan fingerprint density at radius 2 is 1.53 bits per heavy atom. The van der Waals surface area contributed by atoms with Crippen molar-refractivity contribution in [2.75, 3.05) is 20.8 Å². The van der Waals surface area contributed by atoms with Crippen LogP contribution in [0.4, 0.5) is 0 Å². The topological polar surface area (TPSA) is 170 Å². The van der Waals surface area contributed by atoms with Crippen LogP contribution in [-0.4, -0.2) is 139 Å². The van der Waals surface area contributed by atoms with Gasteiger partial charge in [-0.05, 0) is 75.7 Å². The number of fused-ring (bicyclic) bond motifs is 2. The summed E-state index contributed by atoms with van der Waals surface area (Å²) >= 11 is 0. The molecule has 3 N–H and O–H groups in total. The second-order valence-corrected chi connectivity index (χ2v) is 20.0. The molecular formula is C50H74O14. The molecule has 1 spiro atoms. The predicted octanol–water partition coefficient (Wildman–Crippen LogP) is 5.91. The van der Waals surface area contributed by atoms with Crippen LogP contribution in [0, 0.1) is 23.7 Å².